The average molecular weight is 395 g/mol. The van der Waals surface area contributed by atoms with E-state index in [9.17, 15) is 18.0 Å². The van der Waals surface area contributed by atoms with E-state index in [1.165, 1.54) is 27.4 Å². The van der Waals surface area contributed by atoms with Crippen molar-refractivity contribution in [3.05, 3.63) is 28.2 Å². The molecule has 0 radical (unpaired) electrons. The van der Waals surface area contributed by atoms with Gasteiger partial charge in [0.25, 0.3) is 0 Å². The fourth-order valence-electron chi connectivity index (χ4n) is 2.24. The van der Waals surface area contributed by atoms with Gasteiger partial charge in [-0.2, -0.15) is 4.31 Å². The second-order valence-corrected chi connectivity index (χ2v) is 7.83. The molecule has 0 saturated carbocycles. The van der Waals surface area contributed by atoms with Gasteiger partial charge in [-0.05, 0) is 18.2 Å². The summed E-state index contributed by atoms with van der Waals surface area (Å²) in [7, 11) is -3.71. The summed E-state index contributed by atoms with van der Waals surface area (Å²) in [5.41, 5.74) is 4.91. The van der Waals surface area contributed by atoms with E-state index in [0.717, 1.165) is 0 Å². The van der Waals surface area contributed by atoms with Crippen LogP contribution in [0.15, 0.2) is 23.1 Å². The lowest BCUT2D eigenvalue weighted by Crippen LogP contribution is -2.52. The van der Waals surface area contributed by atoms with E-state index >= 15 is 0 Å². The van der Waals surface area contributed by atoms with Crippen LogP contribution in [0.5, 0.6) is 0 Å². The maximum atomic E-state index is 12.6. The van der Waals surface area contributed by atoms with Gasteiger partial charge in [-0.25, -0.2) is 13.2 Å². The van der Waals surface area contributed by atoms with Crippen LogP contribution in [-0.4, -0.2) is 62.3 Å². The summed E-state index contributed by atoms with van der Waals surface area (Å²) in [6.45, 7) is 0.518. The number of halogens is 2. The lowest BCUT2D eigenvalue weighted by atomic mass is 10.3. The number of amides is 3. The number of hydrogen-bond donors (Lipinski definition) is 2. The number of urea groups is 1. The summed E-state index contributed by atoms with van der Waals surface area (Å²) < 4.78 is 26.5. The number of piperazine rings is 1. The van der Waals surface area contributed by atoms with Crippen molar-refractivity contribution in [3.8, 4) is 0 Å². The van der Waals surface area contributed by atoms with E-state index in [-0.39, 0.29) is 53.6 Å². The van der Waals surface area contributed by atoms with Gasteiger partial charge in [0, 0.05) is 26.2 Å². The molecule has 0 bridgehead atoms. The van der Waals surface area contributed by atoms with Gasteiger partial charge in [-0.3, -0.25) is 4.79 Å². The van der Waals surface area contributed by atoms with Gasteiger partial charge in [0.05, 0.1) is 21.5 Å². The predicted molar refractivity (Wildman–Crippen MR) is 89.4 cm³/mol. The first-order valence-corrected chi connectivity index (χ1v) is 9.17. The molecule has 132 valence electrons. The lowest BCUT2D eigenvalue weighted by molar-refractivity contribution is -0.131. The van der Waals surface area contributed by atoms with E-state index in [1.54, 1.807) is 0 Å². The minimum absolute atomic E-state index is 0.0482. The van der Waals surface area contributed by atoms with Crippen LogP contribution in [-0.2, 0) is 14.8 Å². The normalized spacial score (nSPS) is 16.0. The zero-order valence-electron chi connectivity index (χ0n) is 12.5. The van der Waals surface area contributed by atoms with E-state index in [1.807, 2.05) is 0 Å². The van der Waals surface area contributed by atoms with Gasteiger partial charge in [0.2, 0.25) is 15.9 Å². The average Bonchev–Trinajstić information content (AvgIpc) is 2.55. The highest BCUT2D eigenvalue weighted by atomic mass is 35.5. The predicted octanol–water partition coefficient (Wildman–Crippen LogP) is 0.495. The van der Waals surface area contributed by atoms with Crippen molar-refractivity contribution >= 4 is 45.2 Å². The fourth-order valence-corrected chi connectivity index (χ4v) is 4.05. The minimum Gasteiger partial charge on any atom is -0.352 e. The molecule has 8 nitrogen and oxygen atoms in total. The Morgan fingerprint density at radius 3 is 2.29 bits per heavy atom. The van der Waals surface area contributed by atoms with Crippen molar-refractivity contribution < 1.29 is 18.0 Å². The molecule has 2 rings (SSSR count). The molecule has 0 aromatic heterocycles. The molecule has 11 heteroatoms. The van der Waals surface area contributed by atoms with Crippen molar-refractivity contribution in [2.75, 3.05) is 32.7 Å². The Hall–Kier alpha value is -1.55. The van der Waals surface area contributed by atoms with Crippen molar-refractivity contribution in [2.45, 2.75) is 4.90 Å². The first kappa shape index (κ1) is 18.8. The molecule has 0 aliphatic carbocycles. The molecule has 1 aliphatic heterocycles. The number of nitrogens with one attached hydrogen (secondary N) is 1. The maximum absolute atomic E-state index is 12.6. The molecular formula is C13H16Cl2N4O4S. The van der Waals surface area contributed by atoms with Crippen molar-refractivity contribution in [3.63, 3.8) is 0 Å². The molecule has 1 heterocycles. The van der Waals surface area contributed by atoms with Gasteiger partial charge in [-0.1, -0.05) is 23.2 Å². The van der Waals surface area contributed by atoms with Gasteiger partial charge in [0.15, 0.2) is 0 Å². The number of rotatable bonds is 4. The lowest BCUT2D eigenvalue weighted by Gasteiger charge is -2.34. The largest absolute Gasteiger partial charge is 0.352 e. The summed E-state index contributed by atoms with van der Waals surface area (Å²) in [4.78, 5) is 24.0. The molecule has 1 fully saturated rings. The molecule has 1 saturated heterocycles. The monoisotopic (exact) mass is 394 g/mol. The molecule has 1 aromatic carbocycles. The molecule has 3 amide bonds. The summed E-state index contributed by atoms with van der Waals surface area (Å²) in [6.07, 6.45) is 0. The highest BCUT2D eigenvalue weighted by Crippen LogP contribution is 2.26. The van der Waals surface area contributed by atoms with Crippen molar-refractivity contribution in [1.29, 1.82) is 0 Å². The van der Waals surface area contributed by atoms with Crippen molar-refractivity contribution in [2.24, 2.45) is 5.73 Å². The second kappa shape index (κ2) is 7.56. The SMILES string of the molecule is NC(=O)NCC(=O)N1CCN(S(=O)(=O)c2ccc(Cl)c(Cl)c2)CC1. The molecule has 3 N–H and O–H groups in total. The van der Waals surface area contributed by atoms with Crippen LogP contribution in [0.2, 0.25) is 10.0 Å². The third-order valence-corrected chi connectivity index (χ3v) is 6.17. The third-order valence-electron chi connectivity index (χ3n) is 3.53. The summed E-state index contributed by atoms with van der Waals surface area (Å²) >= 11 is 11.7. The van der Waals surface area contributed by atoms with Crippen molar-refractivity contribution in [1.82, 2.24) is 14.5 Å². The van der Waals surface area contributed by atoms with E-state index in [4.69, 9.17) is 28.9 Å². The first-order chi connectivity index (χ1) is 11.2. The van der Waals surface area contributed by atoms with Crippen LogP contribution < -0.4 is 11.1 Å². The number of nitrogens with two attached hydrogens (primary N) is 1. The zero-order chi connectivity index (χ0) is 17.9. The van der Waals surface area contributed by atoms with Crippen LogP contribution in [0.1, 0.15) is 0 Å². The van der Waals surface area contributed by atoms with Crippen LogP contribution in [0.3, 0.4) is 0 Å². The summed E-state index contributed by atoms with van der Waals surface area (Å²) in [6, 6.07) is 3.32. The van der Waals surface area contributed by atoms with Gasteiger partial charge < -0.3 is 16.0 Å². The maximum Gasteiger partial charge on any atom is 0.312 e. The van der Waals surface area contributed by atoms with Crippen LogP contribution >= 0.6 is 23.2 Å². The minimum atomic E-state index is -3.71. The topological polar surface area (TPSA) is 113 Å². The molecule has 1 aromatic rings. The van der Waals surface area contributed by atoms with Gasteiger partial charge in [0.1, 0.15) is 0 Å². The molecule has 0 spiro atoms. The number of carbonyl (C=O) groups excluding carboxylic acids is 2. The van der Waals surface area contributed by atoms with E-state index in [0.29, 0.717) is 0 Å². The smallest absolute Gasteiger partial charge is 0.312 e. The zero-order valence-corrected chi connectivity index (χ0v) is 14.9. The Bertz CT molecular complexity index is 748. The van der Waals surface area contributed by atoms with Crippen LogP contribution in [0.25, 0.3) is 0 Å². The number of benzene rings is 1. The standard InChI is InChI=1S/C13H16Cl2N4O4S/c14-10-2-1-9(7-11(10)15)24(22,23)19-5-3-18(4-6-19)12(20)8-17-13(16)21/h1-2,7H,3-6,8H2,(H3,16,17,21). The highest BCUT2D eigenvalue weighted by Gasteiger charge is 2.30. The number of nitrogens with zero attached hydrogens (tertiary/aromatic N) is 2. The molecule has 1 aliphatic rings. The Morgan fingerprint density at radius 1 is 1.12 bits per heavy atom. The Balaban J connectivity index is 2.01. The quantitative estimate of drug-likeness (QED) is 0.773. The molecule has 24 heavy (non-hydrogen) atoms. The van der Waals surface area contributed by atoms with Crippen LogP contribution in [0, 0.1) is 0 Å². The third kappa shape index (κ3) is 4.29. The number of sulfonamides is 1. The van der Waals surface area contributed by atoms with E-state index < -0.39 is 16.1 Å². The second-order valence-electron chi connectivity index (χ2n) is 5.08. The molecule has 0 unspecified atom stereocenters. The highest BCUT2D eigenvalue weighted by molar-refractivity contribution is 7.89. The van der Waals surface area contributed by atoms with Crippen LogP contribution in [0.4, 0.5) is 4.79 Å². The van der Waals surface area contributed by atoms with Gasteiger partial charge in [-0.15, -0.1) is 0 Å². The Kier molecular flexibility index (Phi) is 5.92. The number of primary amides is 1. The summed E-state index contributed by atoms with van der Waals surface area (Å²) in [5, 5.41) is 2.64. The molecular weight excluding hydrogens is 379 g/mol. The van der Waals surface area contributed by atoms with E-state index in [2.05, 4.69) is 5.32 Å². The Labute approximate surface area is 149 Å². The fraction of sp³-hybridized carbons (Fsp3) is 0.385. The van der Waals surface area contributed by atoms with Gasteiger partial charge >= 0.3 is 6.03 Å². The molecule has 0 atom stereocenters. The Morgan fingerprint density at radius 2 is 1.75 bits per heavy atom. The first-order valence-electron chi connectivity index (χ1n) is 6.98. The summed E-state index contributed by atoms with van der Waals surface area (Å²) in [5.74, 6) is -0.319. The number of carbonyl (C=O) groups is 2. The number of hydrogen-bond acceptors (Lipinski definition) is 4.